The van der Waals surface area contributed by atoms with E-state index in [1.54, 1.807) is 23.5 Å². The minimum Gasteiger partial charge on any atom is -0.731 e. The topological polar surface area (TPSA) is 150 Å². The van der Waals surface area contributed by atoms with Crippen LogP contribution in [0, 0.1) is 0 Å². The second kappa shape index (κ2) is 12.8. The number of thiazole rings is 1. The minimum absolute atomic E-state index is 0.133. The fourth-order valence-electron chi connectivity index (χ4n) is 3.81. The van der Waals surface area contributed by atoms with Gasteiger partial charge in [-0.3, -0.25) is 9.52 Å². The molecule has 0 bridgehead atoms. The van der Waals surface area contributed by atoms with Crippen LogP contribution in [0.15, 0.2) is 77.5 Å². The number of alkyl carbamates (subject to hydrolysis) is 1. The first-order chi connectivity index (χ1) is 18.7. The molecule has 0 aliphatic rings. The third-order valence-electron chi connectivity index (χ3n) is 5.64. The zero-order valence-corrected chi connectivity index (χ0v) is 23.1. The molecule has 39 heavy (non-hydrogen) atoms. The molecule has 4 rings (SSSR count). The summed E-state index contributed by atoms with van der Waals surface area (Å²) in [5.41, 5.74) is 2.39. The van der Waals surface area contributed by atoms with Crippen LogP contribution in [0.5, 0.6) is 0 Å². The summed E-state index contributed by atoms with van der Waals surface area (Å²) in [5.74, 6) is -0.421. The van der Waals surface area contributed by atoms with Gasteiger partial charge < -0.3 is 19.9 Å². The molecule has 2 amide bonds. The number of benzene rings is 2. The Morgan fingerprint density at radius 3 is 2.31 bits per heavy atom. The number of aromatic nitrogens is 1. The maximum absolute atomic E-state index is 13.5. The molecule has 2 heterocycles. The van der Waals surface area contributed by atoms with E-state index < -0.39 is 34.4 Å². The van der Waals surface area contributed by atoms with E-state index in [0.29, 0.717) is 12.1 Å². The third-order valence-corrected chi connectivity index (χ3v) is 8.03. The monoisotopic (exact) mass is 585 g/mol. The molecule has 0 spiro atoms. The largest absolute Gasteiger partial charge is 0.731 e. The number of anilines is 1. The standard InChI is InChI=1S/C26H26N4O6S3/c1-36-26(32)29-21(15-17-6-3-2-4-7-17)24(31)27-20(22-16-38-25(28-22)23-8-5-13-37-23)14-18-9-11-19(12-10-18)30-39(33,34)35/h2-13,16,20-21,30H,14-15H2,1H3,(H,27,31)(H,29,32)(H,33,34,35)/p-1/t20-,21-/m0/s1. The van der Waals surface area contributed by atoms with E-state index in [2.05, 4.69) is 10.6 Å². The van der Waals surface area contributed by atoms with E-state index in [-0.39, 0.29) is 12.1 Å². The molecule has 4 aromatic rings. The van der Waals surface area contributed by atoms with Gasteiger partial charge in [0.05, 0.1) is 23.7 Å². The number of thiophene rings is 1. The van der Waals surface area contributed by atoms with Gasteiger partial charge in [-0.15, -0.1) is 22.7 Å². The Labute approximate surface area is 234 Å². The Kier molecular flexibility index (Phi) is 9.30. The van der Waals surface area contributed by atoms with Gasteiger partial charge >= 0.3 is 6.09 Å². The average molecular weight is 586 g/mol. The summed E-state index contributed by atoms with van der Waals surface area (Å²) in [6.45, 7) is 0. The van der Waals surface area contributed by atoms with Crippen molar-refractivity contribution < 1.29 is 27.3 Å². The highest BCUT2D eigenvalue weighted by atomic mass is 32.2. The van der Waals surface area contributed by atoms with Crippen LogP contribution in [0.3, 0.4) is 0 Å². The number of rotatable bonds is 11. The van der Waals surface area contributed by atoms with E-state index in [9.17, 15) is 22.6 Å². The van der Waals surface area contributed by atoms with Gasteiger partial charge in [0.15, 0.2) is 10.3 Å². The van der Waals surface area contributed by atoms with Crippen molar-refractivity contribution >= 4 is 50.7 Å². The number of nitrogens with one attached hydrogen (secondary N) is 3. The fourth-order valence-corrected chi connectivity index (χ4v) is 5.92. The molecule has 13 heteroatoms. The van der Waals surface area contributed by atoms with Crippen LogP contribution >= 0.6 is 22.7 Å². The molecule has 0 radical (unpaired) electrons. The summed E-state index contributed by atoms with van der Waals surface area (Å²) < 4.78 is 39.6. The second-order valence-corrected chi connectivity index (χ2v) is 11.4. The zero-order valence-electron chi connectivity index (χ0n) is 20.7. The highest BCUT2D eigenvalue weighted by Crippen LogP contribution is 2.31. The maximum atomic E-state index is 13.5. The second-order valence-electron chi connectivity index (χ2n) is 8.45. The molecule has 10 nitrogen and oxygen atoms in total. The lowest BCUT2D eigenvalue weighted by Crippen LogP contribution is -2.49. The molecule has 2 atom stereocenters. The van der Waals surface area contributed by atoms with Gasteiger partial charge in [-0.1, -0.05) is 48.5 Å². The number of hydrogen-bond donors (Lipinski definition) is 3. The Morgan fingerprint density at radius 1 is 0.949 bits per heavy atom. The van der Waals surface area contributed by atoms with Crippen LogP contribution in [0.2, 0.25) is 0 Å². The van der Waals surface area contributed by atoms with Gasteiger partial charge in [-0.05, 0) is 41.1 Å². The number of carbonyl (C=O) groups is 2. The van der Waals surface area contributed by atoms with Crippen LogP contribution in [-0.4, -0.2) is 43.1 Å². The Morgan fingerprint density at radius 2 is 1.67 bits per heavy atom. The van der Waals surface area contributed by atoms with Crippen LogP contribution in [0.4, 0.5) is 10.5 Å². The molecule has 0 saturated heterocycles. The first-order valence-corrected chi connectivity index (χ1v) is 14.9. The van der Waals surface area contributed by atoms with Crippen molar-refractivity contribution in [3.05, 3.63) is 94.3 Å². The molecule has 3 N–H and O–H groups in total. The van der Waals surface area contributed by atoms with Crippen LogP contribution in [-0.2, 0) is 32.7 Å². The first kappa shape index (κ1) is 28.2. The Hall–Kier alpha value is -3.78. The number of ether oxygens (including phenoxy) is 1. The zero-order chi connectivity index (χ0) is 27.8. The predicted molar refractivity (Wildman–Crippen MR) is 149 cm³/mol. The summed E-state index contributed by atoms with van der Waals surface area (Å²) in [4.78, 5) is 31.3. The van der Waals surface area contributed by atoms with Crippen molar-refractivity contribution in [2.24, 2.45) is 0 Å². The number of carbonyl (C=O) groups excluding carboxylic acids is 2. The van der Waals surface area contributed by atoms with Crippen molar-refractivity contribution in [3.63, 3.8) is 0 Å². The van der Waals surface area contributed by atoms with Gasteiger partial charge in [0.1, 0.15) is 11.0 Å². The summed E-state index contributed by atoms with van der Waals surface area (Å²) in [6.07, 6.45) is -0.163. The molecule has 0 aliphatic carbocycles. The molecular weight excluding hydrogens is 561 g/mol. The summed E-state index contributed by atoms with van der Waals surface area (Å²) in [6, 6.07) is 18.0. The highest BCUT2D eigenvalue weighted by Gasteiger charge is 2.26. The van der Waals surface area contributed by atoms with Crippen molar-refractivity contribution in [2.45, 2.75) is 24.9 Å². The maximum Gasteiger partial charge on any atom is 0.407 e. The molecule has 2 aromatic heterocycles. The third kappa shape index (κ3) is 8.35. The molecule has 204 valence electrons. The smallest absolute Gasteiger partial charge is 0.407 e. The van der Waals surface area contributed by atoms with Crippen molar-refractivity contribution in [1.29, 1.82) is 0 Å². The highest BCUT2D eigenvalue weighted by molar-refractivity contribution is 7.87. The summed E-state index contributed by atoms with van der Waals surface area (Å²) in [5, 5.41) is 10.3. The van der Waals surface area contributed by atoms with Crippen molar-refractivity contribution in [1.82, 2.24) is 15.6 Å². The van der Waals surface area contributed by atoms with E-state index >= 15 is 0 Å². The molecule has 0 aliphatic heterocycles. The van der Waals surface area contributed by atoms with E-state index in [4.69, 9.17) is 9.72 Å². The molecular formula is C26H25N4O6S3-. The predicted octanol–water partition coefficient (Wildman–Crippen LogP) is 4.11. The van der Waals surface area contributed by atoms with Crippen LogP contribution < -0.4 is 15.4 Å². The Bertz CT molecular complexity index is 1490. The number of methoxy groups -OCH3 is 1. The minimum atomic E-state index is -4.65. The summed E-state index contributed by atoms with van der Waals surface area (Å²) >= 11 is 3.01. The Balaban J connectivity index is 1.59. The average Bonchev–Trinajstić information content (AvgIpc) is 3.61. The van der Waals surface area contributed by atoms with Crippen molar-refractivity contribution in [2.75, 3.05) is 11.8 Å². The van der Waals surface area contributed by atoms with Crippen LogP contribution in [0.1, 0.15) is 22.9 Å². The lowest BCUT2D eigenvalue weighted by Gasteiger charge is -2.23. The van der Waals surface area contributed by atoms with Gasteiger partial charge in [-0.2, -0.15) is 0 Å². The summed E-state index contributed by atoms with van der Waals surface area (Å²) in [7, 11) is -3.42. The van der Waals surface area contributed by atoms with Gasteiger partial charge in [0.25, 0.3) is 0 Å². The lowest BCUT2D eigenvalue weighted by molar-refractivity contribution is -0.123. The van der Waals surface area contributed by atoms with E-state index in [1.165, 1.54) is 30.6 Å². The molecule has 0 unspecified atom stereocenters. The molecule has 0 saturated carbocycles. The molecule has 0 fully saturated rings. The fraction of sp³-hybridized carbons (Fsp3) is 0.192. The van der Waals surface area contributed by atoms with Crippen LogP contribution in [0.25, 0.3) is 9.88 Å². The normalized spacial score (nSPS) is 12.8. The van der Waals surface area contributed by atoms with Gasteiger partial charge in [0.2, 0.25) is 5.91 Å². The quantitative estimate of drug-likeness (QED) is 0.224. The SMILES string of the molecule is COC(=O)N[C@@H](Cc1ccccc1)C(=O)N[C@@H](Cc1ccc(NS(=O)(=O)[O-])cc1)c1csc(-c2cccs2)n1. The lowest BCUT2D eigenvalue weighted by atomic mass is 10.0. The number of nitrogens with zero attached hydrogens (tertiary/aromatic N) is 1. The number of amides is 2. The number of hydrogen-bond acceptors (Lipinski definition) is 9. The van der Waals surface area contributed by atoms with Gasteiger partial charge in [-0.25, -0.2) is 18.2 Å². The molecule has 2 aromatic carbocycles. The van der Waals surface area contributed by atoms with E-state index in [1.807, 2.05) is 57.9 Å². The van der Waals surface area contributed by atoms with E-state index in [0.717, 1.165) is 21.0 Å². The van der Waals surface area contributed by atoms with Crippen molar-refractivity contribution in [3.8, 4) is 9.88 Å². The first-order valence-electron chi connectivity index (χ1n) is 11.7. The van der Waals surface area contributed by atoms with Gasteiger partial charge in [0, 0.05) is 17.5 Å².